The summed E-state index contributed by atoms with van der Waals surface area (Å²) in [6.07, 6.45) is 1.96. The third-order valence-corrected chi connectivity index (χ3v) is 5.50. The Balaban J connectivity index is 1.66. The van der Waals surface area contributed by atoms with E-state index < -0.39 is 0 Å². The highest BCUT2D eigenvalue weighted by Gasteiger charge is 2.13. The number of fused-ring (bicyclic) bond motifs is 1. The van der Waals surface area contributed by atoms with Gasteiger partial charge >= 0.3 is 0 Å². The van der Waals surface area contributed by atoms with E-state index in [9.17, 15) is 0 Å². The molecule has 1 N–H and O–H groups in total. The Bertz CT molecular complexity index is 1100. The summed E-state index contributed by atoms with van der Waals surface area (Å²) >= 11 is 0. The molecule has 0 saturated carbocycles. The molecule has 28 heavy (non-hydrogen) atoms. The average Bonchev–Trinajstić information content (AvgIpc) is 3.07. The summed E-state index contributed by atoms with van der Waals surface area (Å²) in [6, 6.07) is 19.6. The molecule has 0 unspecified atom stereocenters. The zero-order valence-corrected chi connectivity index (χ0v) is 17.1. The van der Waals surface area contributed by atoms with Gasteiger partial charge in [0.1, 0.15) is 5.52 Å². The molecule has 4 rings (SSSR count). The van der Waals surface area contributed by atoms with Gasteiger partial charge in [-0.05, 0) is 56.0 Å². The SMILES string of the molecule is Cc1ccc(CNc2c(C)c(C)cc3c2ncn3Cc2ccc(C)cc2)cc1. The summed E-state index contributed by atoms with van der Waals surface area (Å²) in [5.41, 5.74) is 11.0. The number of imidazole rings is 1. The summed E-state index contributed by atoms with van der Waals surface area (Å²) in [5, 5.41) is 3.64. The highest BCUT2D eigenvalue weighted by molar-refractivity contribution is 5.91. The van der Waals surface area contributed by atoms with Crippen molar-refractivity contribution in [1.29, 1.82) is 0 Å². The molecule has 0 radical (unpaired) electrons. The molecule has 0 amide bonds. The lowest BCUT2D eigenvalue weighted by Crippen LogP contribution is -2.04. The molecule has 3 nitrogen and oxygen atoms in total. The summed E-state index contributed by atoms with van der Waals surface area (Å²) in [6.45, 7) is 10.2. The summed E-state index contributed by atoms with van der Waals surface area (Å²) < 4.78 is 2.24. The van der Waals surface area contributed by atoms with Crippen LogP contribution < -0.4 is 5.32 Å². The number of nitrogens with one attached hydrogen (secondary N) is 1. The molecule has 3 aromatic carbocycles. The number of aromatic nitrogens is 2. The standard InChI is InChI=1S/C25H27N3/c1-17-5-9-21(10-6-17)14-26-24-20(4)19(3)13-23-25(24)27-16-28(23)15-22-11-7-18(2)8-12-22/h5-13,16,26H,14-15H2,1-4H3. The van der Waals surface area contributed by atoms with Crippen LogP contribution in [0.1, 0.15) is 33.4 Å². The maximum atomic E-state index is 4.76. The zero-order valence-electron chi connectivity index (χ0n) is 17.1. The van der Waals surface area contributed by atoms with Crippen LogP contribution in [-0.4, -0.2) is 9.55 Å². The van der Waals surface area contributed by atoms with Crippen LogP contribution in [0.2, 0.25) is 0 Å². The molecule has 0 bridgehead atoms. The normalized spacial score (nSPS) is 11.1. The predicted molar refractivity (Wildman–Crippen MR) is 118 cm³/mol. The molecule has 4 aromatic rings. The minimum absolute atomic E-state index is 0.796. The number of hydrogen-bond donors (Lipinski definition) is 1. The van der Waals surface area contributed by atoms with Gasteiger partial charge in [0.15, 0.2) is 0 Å². The Labute approximate surface area is 167 Å². The Kier molecular flexibility index (Phi) is 4.91. The Hall–Kier alpha value is -3.07. The lowest BCUT2D eigenvalue weighted by molar-refractivity contribution is 0.824. The Morgan fingerprint density at radius 3 is 2.07 bits per heavy atom. The van der Waals surface area contributed by atoms with Crippen LogP contribution in [0.15, 0.2) is 60.9 Å². The van der Waals surface area contributed by atoms with Crippen molar-refractivity contribution in [2.24, 2.45) is 0 Å². The van der Waals surface area contributed by atoms with E-state index in [1.54, 1.807) is 0 Å². The highest BCUT2D eigenvalue weighted by atomic mass is 15.1. The molecule has 0 aliphatic heterocycles. The fraction of sp³-hybridized carbons (Fsp3) is 0.240. The molecular weight excluding hydrogens is 342 g/mol. The van der Waals surface area contributed by atoms with Crippen molar-refractivity contribution >= 4 is 16.7 Å². The molecule has 0 fully saturated rings. The van der Waals surface area contributed by atoms with Gasteiger partial charge in [-0.3, -0.25) is 0 Å². The topological polar surface area (TPSA) is 29.9 Å². The lowest BCUT2D eigenvalue weighted by atomic mass is 10.1. The molecule has 1 heterocycles. The summed E-state index contributed by atoms with van der Waals surface area (Å²) in [7, 11) is 0. The van der Waals surface area contributed by atoms with E-state index in [0.29, 0.717) is 0 Å². The number of hydrogen-bond acceptors (Lipinski definition) is 2. The Morgan fingerprint density at radius 1 is 0.821 bits per heavy atom. The van der Waals surface area contributed by atoms with E-state index in [1.807, 2.05) is 6.33 Å². The van der Waals surface area contributed by atoms with Gasteiger partial charge < -0.3 is 9.88 Å². The maximum Gasteiger partial charge on any atom is 0.112 e. The summed E-state index contributed by atoms with van der Waals surface area (Å²) in [4.78, 5) is 4.76. The van der Waals surface area contributed by atoms with Gasteiger partial charge in [0, 0.05) is 13.1 Å². The van der Waals surface area contributed by atoms with Crippen molar-refractivity contribution in [3.8, 4) is 0 Å². The van der Waals surface area contributed by atoms with Crippen LogP contribution in [0, 0.1) is 27.7 Å². The van der Waals surface area contributed by atoms with Crippen molar-refractivity contribution in [3.63, 3.8) is 0 Å². The number of nitrogens with zero attached hydrogens (tertiary/aromatic N) is 2. The summed E-state index contributed by atoms with van der Waals surface area (Å²) in [5.74, 6) is 0. The third kappa shape index (κ3) is 3.65. The maximum absolute atomic E-state index is 4.76. The van der Waals surface area contributed by atoms with Gasteiger partial charge in [0.25, 0.3) is 0 Å². The van der Waals surface area contributed by atoms with E-state index in [0.717, 1.165) is 24.3 Å². The first-order valence-electron chi connectivity index (χ1n) is 9.81. The number of anilines is 1. The molecule has 0 saturated heterocycles. The molecule has 1 aromatic heterocycles. The molecule has 0 spiro atoms. The van der Waals surface area contributed by atoms with Crippen LogP contribution in [0.4, 0.5) is 5.69 Å². The number of aryl methyl sites for hydroxylation is 3. The van der Waals surface area contributed by atoms with Crippen LogP contribution in [0.3, 0.4) is 0 Å². The fourth-order valence-corrected chi connectivity index (χ4v) is 3.55. The van der Waals surface area contributed by atoms with Gasteiger partial charge in [0.2, 0.25) is 0 Å². The molecule has 3 heteroatoms. The fourth-order valence-electron chi connectivity index (χ4n) is 3.55. The van der Waals surface area contributed by atoms with Gasteiger partial charge in [-0.25, -0.2) is 4.98 Å². The van der Waals surface area contributed by atoms with Crippen molar-refractivity contribution in [2.45, 2.75) is 40.8 Å². The smallest absolute Gasteiger partial charge is 0.112 e. The monoisotopic (exact) mass is 369 g/mol. The second-order valence-electron chi connectivity index (χ2n) is 7.76. The zero-order chi connectivity index (χ0) is 19.7. The van der Waals surface area contributed by atoms with Crippen molar-refractivity contribution < 1.29 is 0 Å². The van der Waals surface area contributed by atoms with Crippen molar-refractivity contribution in [1.82, 2.24) is 9.55 Å². The first kappa shape index (κ1) is 18.3. The van der Waals surface area contributed by atoms with Gasteiger partial charge in [-0.2, -0.15) is 0 Å². The van der Waals surface area contributed by atoms with E-state index in [-0.39, 0.29) is 0 Å². The third-order valence-electron chi connectivity index (χ3n) is 5.50. The van der Waals surface area contributed by atoms with E-state index >= 15 is 0 Å². The van der Waals surface area contributed by atoms with Gasteiger partial charge in [0.05, 0.1) is 17.5 Å². The van der Waals surface area contributed by atoms with Crippen molar-refractivity contribution in [2.75, 3.05) is 5.32 Å². The van der Waals surface area contributed by atoms with E-state index in [2.05, 4.69) is 92.2 Å². The molecule has 0 aliphatic rings. The first-order chi connectivity index (χ1) is 13.5. The van der Waals surface area contributed by atoms with E-state index in [1.165, 1.54) is 38.9 Å². The minimum atomic E-state index is 0.796. The van der Waals surface area contributed by atoms with Crippen molar-refractivity contribution in [3.05, 3.63) is 94.3 Å². The van der Waals surface area contributed by atoms with Gasteiger partial charge in [-0.15, -0.1) is 0 Å². The predicted octanol–water partition coefficient (Wildman–Crippen LogP) is 5.93. The van der Waals surface area contributed by atoms with Crippen LogP contribution >= 0.6 is 0 Å². The first-order valence-corrected chi connectivity index (χ1v) is 9.81. The van der Waals surface area contributed by atoms with Gasteiger partial charge in [-0.1, -0.05) is 59.7 Å². The number of rotatable bonds is 5. The lowest BCUT2D eigenvalue weighted by Gasteiger charge is -2.14. The van der Waals surface area contributed by atoms with Crippen LogP contribution in [-0.2, 0) is 13.1 Å². The Morgan fingerprint density at radius 2 is 1.43 bits per heavy atom. The average molecular weight is 370 g/mol. The minimum Gasteiger partial charge on any atom is -0.379 e. The molecule has 142 valence electrons. The van der Waals surface area contributed by atoms with Crippen LogP contribution in [0.5, 0.6) is 0 Å². The second-order valence-corrected chi connectivity index (χ2v) is 7.76. The van der Waals surface area contributed by atoms with Crippen LogP contribution in [0.25, 0.3) is 11.0 Å². The van der Waals surface area contributed by atoms with E-state index in [4.69, 9.17) is 4.98 Å². The molecular formula is C25H27N3. The second kappa shape index (κ2) is 7.51. The molecule has 0 atom stereocenters. The number of benzene rings is 3. The molecule has 0 aliphatic carbocycles. The quantitative estimate of drug-likeness (QED) is 0.472. The highest BCUT2D eigenvalue weighted by Crippen LogP contribution is 2.30. The largest absolute Gasteiger partial charge is 0.379 e.